The number of ether oxygens (including phenoxy) is 1. The maximum Gasteiger partial charge on any atom is 0.297 e. The molecule has 0 saturated carbocycles. The number of alkyl halides is 1. The Kier molecular flexibility index (Phi) is 6.69. The third-order valence-corrected chi connectivity index (χ3v) is 7.29. The quantitative estimate of drug-likeness (QED) is 0.536. The molecule has 2 aliphatic rings. The number of halogens is 1. The molecule has 5 rings (SSSR count). The summed E-state index contributed by atoms with van der Waals surface area (Å²) in [5.74, 6) is -0.350. The first-order valence-corrected chi connectivity index (χ1v) is 12.5. The molecule has 0 unspecified atom stereocenters. The lowest BCUT2D eigenvalue weighted by atomic mass is 9.90. The molecule has 0 aliphatic carbocycles. The lowest BCUT2D eigenvalue weighted by Crippen LogP contribution is -2.53. The molecule has 186 valence electrons. The van der Waals surface area contributed by atoms with Crippen molar-refractivity contribution in [3.05, 3.63) is 47.8 Å². The standard InChI is InChI=1S/C26H33FN6O2/c1-3-35-25-30-22-16-19(2)4-5-23(22)33(25)21-7-12-32(13-8-21)24(34)26(27)9-14-31(15-10-26)18-20-6-11-28-29-17-20/h4-6,11,16-17,21H,3,7-10,12-15,18H2,1-2H3. The number of hydrogen-bond acceptors (Lipinski definition) is 6. The van der Waals surface area contributed by atoms with Crippen LogP contribution < -0.4 is 4.74 Å². The van der Waals surface area contributed by atoms with Crippen molar-refractivity contribution in [2.45, 2.75) is 57.8 Å². The second-order valence-electron chi connectivity index (χ2n) is 9.71. The van der Waals surface area contributed by atoms with E-state index in [9.17, 15) is 4.79 Å². The molecule has 0 atom stereocenters. The normalized spacial score (nSPS) is 19.2. The average molecular weight is 481 g/mol. The first kappa shape index (κ1) is 23.7. The predicted molar refractivity (Wildman–Crippen MR) is 131 cm³/mol. The fourth-order valence-corrected chi connectivity index (χ4v) is 5.33. The van der Waals surface area contributed by atoms with Crippen LogP contribution >= 0.6 is 0 Å². The van der Waals surface area contributed by atoms with Gasteiger partial charge in [0.15, 0.2) is 5.67 Å². The summed E-state index contributed by atoms with van der Waals surface area (Å²) in [5.41, 5.74) is 2.39. The largest absolute Gasteiger partial charge is 0.465 e. The summed E-state index contributed by atoms with van der Waals surface area (Å²) >= 11 is 0. The molecule has 0 bridgehead atoms. The molecule has 2 aromatic heterocycles. The van der Waals surface area contributed by atoms with Gasteiger partial charge in [0.2, 0.25) is 0 Å². The van der Waals surface area contributed by atoms with Crippen LogP contribution in [0.15, 0.2) is 36.7 Å². The minimum absolute atomic E-state index is 0.166. The van der Waals surface area contributed by atoms with Gasteiger partial charge in [-0.1, -0.05) is 6.07 Å². The van der Waals surface area contributed by atoms with Gasteiger partial charge >= 0.3 is 0 Å². The van der Waals surface area contributed by atoms with Gasteiger partial charge in [-0.2, -0.15) is 15.2 Å². The van der Waals surface area contributed by atoms with E-state index in [4.69, 9.17) is 9.72 Å². The molecule has 4 heterocycles. The summed E-state index contributed by atoms with van der Waals surface area (Å²) in [6.45, 7) is 7.44. The fraction of sp³-hybridized carbons (Fsp3) is 0.538. The number of rotatable bonds is 6. The molecule has 0 N–H and O–H groups in total. The van der Waals surface area contributed by atoms with E-state index in [1.54, 1.807) is 17.3 Å². The average Bonchev–Trinajstić information content (AvgIpc) is 3.23. The lowest BCUT2D eigenvalue weighted by Gasteiger charge is -2.40. The number of aryl methyl sites for hydroxylation is 1. The molecule has 0 radical (unpaired) electrons. The highest BCUT2D eigenvalue weighted by atomic mass is 19.1. The van der Waals surface area contributed by atoms with Crippen LogP contribution in [0.3, 0.4) is 0 Å². The zero-order valence-corrected chi connectivity index (χ0v) is 20.5. The predicted octanol–water partition coefficient (Wildman–Crippen LogP) is 3.70. The molecule has 9 heteroatoms. The number of fused-ring (bicyclic) bond motifs is 1. The van der Waals surface area contributed by atoms with E-state index in [1.807, 2.05) is 13.0 Å². The minimum atomic E-state index is -1.78. The SMILES string of the molecule is CCOc1nc2cc(C)ccc2n1C1CCN(C(=O)C2(F)CCN(Cc3ccnnc3)CC2)CC1. The molecule has 35 heavy (non-hydrogen) atoms. The van der Waals surface area contributed by atoms with Crippen LogP contribution in [0.2, 0.25) is 0 Å². The van der Waals surface area contributed by atoms with Gasteiger partial charge in [-0.3, -0.25) is 14.3 Å². The monoisotopic (exact) mass is 480 g/mol. The second kappa shape index (κ2) is 9.89. The van der Waals surface area contributed by atoms with Gasteiger partial charge in [0.1, 0.15) is 0 Å². The van der Waals surface area contributed by atoms with Crippen LogP contribution in [0.5, 0.6) is 6.01 Å². The molecule has 1 amide bonds. The Balaban J connectivity index is 1.21. The van der Waals surface area contributed by atoms with Crippen LogP contribution in [-0.4, -0.2) is 73.9 Å². The lowest BCUT2D eigenvalue weighted by molar-refractivity contribution is -0.148. The minimum Gasteiger partial charge on any atom is -0.465 e. The Morgan fingerprint density at radius 1 is 1.14 bits per heavy atom. The van der Waals surface area contributed by atoms with E-state index in [-0.39, 0.29) is 24.8 Å². The van der Waals surface area contributed by atoms with Gasteiger partial charge in [-0.05, 0) is 56.0 Å². The molecule has 1 aromatic carbocycles. The van der Waals surface area contributed by atoms with Crippen molar-refractivity contribution in [1.82, 2.24) is 29.5 Å². The summed E-state index contributed by atoms with van der Waals surface area (Å²) in [6, 6.07) is 8.94. The molecule has 2 aliphatic heterocycles. The summed E-state index contributed by atoms with van der Waals surface area (Å²) < 4.78 is 23.8. The molecule has 2 saturated heterocycles. The number of carbonyl (C=O) groups excluding carboxylic acids is 1. The Morgan fingerprint density at radius 3 is 2.60 bits per heavy atom. The van der Waals surface area contributed by atoms with Crippen LogP contribution in [0.4, 0.5) is 4.39 Å². The number of nitrogens with zero attached hydrogens (tertiary/aromatic N) is 6. The van der Waals surface area contributed by atoms with Gasteiger partial charge < -0.3 is 9.64 Å². The number of carbonyl (C=O) groups is 1. The molecule has 0 spiro atoms. The van der Waals surface area contributed by atoms with Crippen molar-refractivity contribution < 1.29 is 13.9 Å². The zero-order chi connectivity index (χ0) is 24.4. The van der Waals surface area contributed by atoms with Crippen molar-refractivity contribution in [2.75, 3.05) is 32.8 Å². The van der Waals surface area contributed by atoms with E-state index in [2.05, 4.69) is 44.8 Å². The zero-order valence-electron chi connectivity index (χ0n) is 20.5. The summed E-state index contributed by atoms with van der Waals surface area (Å²) in [6.07, 6.45) is 5.35. The van der Waals surface area contributed by atoms with E-state index < -0.39 is 5.67 Å². The first-order valence-electron chi connectivity index (χ1n) is 12.5. The van der Waals surface area contributed by atoms with E-state index >= 15 is 4.39 Å². The number of aromatic nitrogens is 4. The van der Waals surface area contributed by atoms with Crippen molar-refractivity contribution in [3.63, 3.8) is 0 Å². The number of hydrogen-bond donors (Lipinski definition) is 0. The topological polar surface area (TPSA) is 76.4 Å². The smallest absolute Gasteiger partial charge is 0.297 e. The van der Waals surface area contributed by atoms with Crippen LogP contribution in [-0.2, 0) is 11.3 Å². The third kappa shape index (κ3) is 4.87. The molecule has 8 nitrogen and oxygen atoms in total. The number of benzene rings is 1. The van der Waals surface area contributed by atoms with Gasteiger partial charge in [-0.25, -0.2) is 4.39 Å². The number of likely N-dealkylation sites (tertiary alicyclic amines) is 2. The Bertz CT molecular complexity index is 1170. The summed E-state index contributed by atoms with van der Waals surface area (Å²) in [7, 11) is 0. The first-order chi connectivity index (χ1) is 17.0. The molecular weight excluding hydrogens is 447 g/mol. The van der Waals surface area contributed by atoms with Gasteiger partial charge in [-0.15, -0.1) is 0 Å². The van der Waals surface area contributed by atoms with Crippen molar-refractivity contribution in [1.29, 1.82) is 0 Å². The fourth-order valence-electron chi connectivity index (χ4n) is 5.33. The van der Waals surface area contributed by atoms with Gasteiger partial charge in [0.25, 0.3) is 11.9 Å². The maximum absolute atomic E-state index is 15.8. The second-order valence-corrected chi connectivity index (χ2v) is 9.71. The molecule has 2 fully saturated rings. The van der Waals surface area contributed by atoms with Crippen molar-refractivity contribution in [3.8, 4) is 6.01 Å². The van der Waals surface area contributed by atoms with Gasteiger partial charge in [0, 0.05) is 57.8 Å². The molecule has 3 aromatic rings. The van der Waals surface area contributed by atoms with Crippen LogP contribution in [0, 0.1) is 6.92 Å². The Morgan fingerprint density at radius 2 is 1.91 bits per heavy atom. The van der Waals surface area contributed by atoms with Crippen LogP contribution in [0.1, 0.15) is 49.8 Å². The Labute approximate surface area is 205 Å². The van der Waals surface area contributed by atoms with E-state index in [0.29, 0.717) is 45.3 Å². The Hall–Kier alpha value is -3.07. The van der Waals surface area contributed by atoms with Crippen LogP contribution in [0.25, 0.3) is 11.0 Å². The highest BCUT2D eigenvalue weighted by Gasteiger charge is 2.45. The highest BCUT2D eigenvalue weighted by Crippen LogP contribution is 2.35. The van der Waals surface area contributed by atoms with E-state index in [0.717, 1.165) is 35.0 Å². The third-order valence-electron chi connectivity index (χ3n) is 7.29. The van der Waals surface area contributed by atoms with Gasteiger partial charge in [0.05, 0.1) is 23.8 Å². The number of imidazole rings is 1. The number of piperidine rings is 2. The summed E-state index contributed by atoms with van der Waals surface area (Å²) in [5, 5.41) is 7.70. The molecular formula is C26H33FN6O2. The van der Waals surface area contributed by atoms with E-state index in [1.165, 1.54) is 0 Å². The van der Waals surface area contributed by atoms with Crippen molar-refractivity contribution >= 4 is 16.9 Å². The number of amides is 1. The highest BCUT2D eigenvalue weighted by molar-refractivity contribution is 5.85. The van der Waals surface area contributed by atoms with Crippen molar-refractivity contribution in [2.24, 2.45) is 0 Å². The maximum atomic E-state index is 15.8. The summed E-state index contributed by atoms with van der Waals surface area (Å²) in [4.78, 5) is 21.8.